The number of likely N-dealkylation sites (tertiary alicyclic amines) is 1. The van der Waals surface area contributed by atoms with Gasteiger partial charge in [-0.1, -0.05) is 30.3 Å². The van der Waals surface area contributed by atoms with Gasteiger partial charge >= 0.3 is 0 Å². The molecule has 0 N–H and O–H groups in total. The maximum atomic E-state index is 10.8. The molecule has 0 radical (unpaired) electrons. The molecular weight excluding hydrogens is 186 g/mol. The maximum absolute atomic E-state index is 10.8. The summed E-state index contributed by atoms with van der Waals surface area (Å²) < 4.78 is 0. The van der Waals surface area contributed by atoms with Crippen LogP contribution in [0, 0.1) is 0 Å². The van der Waals surface area contributed by atoms with Crippen molar-refractivity contribution in [3.63, 3.8) is 0 Å². The molecule has 0 aliphatic carbocycles. The van der Waals surface area contributed by atoms with Gasteiger partial charge in [0.05, 0.1) is 0 Å². The molecular formula is C13H17NO. The van der Waals surface area contributed by atoms with Gasteiger partial charge < -0.3 is 4.90 Å². The zero-order valence-electron chi connectivity index (χ0n) is 8.93. The highest BCUT2D eigenvalue weighted by Gasteiger charge is 2.22. The normalized spacial score (nSPS) is 20.5. The molecule has 0 saturated carbocycles. The molecule has 0 bridgehead atoms. The lowest BCUT2D eigenvalue weighted by Gasteiger charge is -2.19. The molecule has 2 heteroatoms. The summed E-state index contributed by atoms with van der Waals surface area (Å²) in [5, 5.41) is 0. The molecule has 1 fully saturated rings. The fourth-order valence-corrected chi connectivity index (χ4v) is 2.28. The van der Waals surface area contributed by atoms with Gasteiger partial charge in [-0.3, -0.25) is 4.79 Å². The van der Waals surface area contributed by atoms with Gasteiger partial charge in [-0.25, -0.2) is 0 Å². The third-order valence-corrected chi connectivity index (χ3v) is 3.17. The highest BCUT2D eigenvalue weighted by atomic mass is 16.1. The second kappa shape index (κ2) is 4.96. The van der Waals surface area contributed by atoms with Gasteiger partial charge in [-0.2, -0.15) is 0 Å². The first-order valence-electron chi connectivity index (χ1n) is 5.65. The molecule has 1 heterocycles. The molecule has 80 valence electrons. The van der Waals surface area contributed by atoms with Crippen LogP contribution in [0.3, 0.4) is 0 Å². The number of rotatable bonds is 4. The van der Waals surface area contributed by atoms with E-state index in [9.17, 15) is 4.79 Å². The van der Waals surface area contributed by atoms with Crippen molar-refractivity contribution in [2.24, 2.45) is 0 Å². The van der Waals surface area contributed by atoms with E-state index in [0.29, 0.717) is 6.04 Å². The average Bonchev–Trinajstić information content (AvgIpc) is 2.75. The fraction of sp³-hybridized carbons (Fsp3) is 0.462. The molecule has 0 aromatic heterocycles. The first kappa shape index (κ1) is 10.2. The summed E-state index contributed by atoms with van der Waals surface area (Å²) in [6.07, 6.45) is 5.52. The number of amides is 1. The summed E-state index contributed by atoms with van der Waals surface area (Å²) in [5.74, 6) is 0. The van der Waals surface area contributed by atoms with Crippen LogP contribution in [0.25, 0.3) is 0 Å². The Kier molecular flexibility index (Phi) is 3.38. The first-order valence-corrected chi connectivity index (χ1v) is 5.65. The molecule has 1 unspecified atom stereocenters. The van der Waals surface area contributed by atoms with Crippen molar-refractivity contribution in [2.75, 3.05) is 6.54 Å². The van der Waals surface area contributed by atoms with Gasteiger partial charge in [0.25, 0.3) is 0 Å². The van der Waals surface area contributed by atoms with E-state index in [2.05, 4.69) is 24.3 Å². The van der Waals surface area contributed by atoms with Crippen LogP contribution in [0.2, 0.25) is 0 Å². The topological polar surface area (TPSA) is 20.3 Å². The van der Waals surface area contributed by atoms with Crippen LogP contribution in [0.15, 0.2) is 30.3 Å². The van der Waals surface area contributed by atoms with Gasteiger partial charge in [0.15, 0.2) is 0 Å². The predicted octanol–water partition coefficient (Wildman–Crippen LogP) is 2.24. The van der Waals surface area contributed by atoms with Crippen LogP contribution >= 0.6 is 0 Å². The number of carbonyl (C=O) groups is 1. The molecule has 1 aromatic carbocycles. The highest BCUT2D eigenvalue weighted by molar-refractivity contribution is 5.48. The molecule has 15 heavy (non-hydrogen) atoms. The smallest absolute Gasteiger partial charge is 0.209 e. The number of hydrogen-bond acceptors (Lipinski definition) is 1. The molecule has 1 aromatic rings. The van der Waals surface area contributed by atoms with Crippen LogP contribution in [-0.2, 0) is 11.2 Å². The molecule has 0 spiro atoms. The second-order valence-corrected chi connectivity index (χ2v) is 4.16. The lowest BCUT2D eigenvalue weighted by atomic mass is 10.0. The average molecular weight is 203 g/mol. The van der Waals surface area contributed by atoms with E-state index in [4.69, 9.17) is 0 Å². The van der Waals surface area contributed by atoms with Crippen LogP contribution in [0.1, 0.15) is 24.8 Å². The summed E-state index contributed by atoms with van der Waals surface area (Å²) in [6.45, 7) is 0.947. The quantitative estimate of drug-likeness (QED) is 0.687. The van der Waals surface area contributed by atoms with Crippen LogP contribution < -0.4 is 0 Å². The van der Waals surface area contributed by atoms with Gasteiger partial charge in [-0.15, -0.1) is 0 Å². The number of nitrogens with zero attached hydrogens (tertiary/aromatic N) is 1. The van der Waals surface area contributed by atoms with Crippen molar-refractivity contribution in [3.05, 3.63) is 35.9 Å². The van der Waals surface area contributed by atoms with Gasteiger partial charge in [-0.05, 0) is 31.2 Å². The molecule has 1 atom stereocenters. The van der Waals surface area contributed by atoms with E-state index in [1.807, 2.05) is 11.0 Å². The summed E-state index contributed by atoms with van der Waals surface area (Å²) in [5.41, 5.74) is 1.37. The lowest BCUT2D eigenvalue weighted by Crippen LogP contribution is -2.28. The van der Waals surface area contributed by atoms with Crippen molar-refractivity contribution in [3.8, 4) is 0 Å². The van der Waals surface area contributed by atoms with Crippen LogP contribution in [0.5, 0.6) is 0 Å². The standard InChI is InChI=1S/C13H17NO/c15-11-14-10-4-7-13(14)9-8-12-5-2-1-3-6-12/h1-3,5-6,11,13H,4,7-10H2. The van der Waals surface area contributed by atoms with Gasteiger partial charge in [0.1, 0.15) is 0 Å². The summed E-state index contributed by atoms with van der Waals surface area (Å²) in [7, 11) is 0. The van der Waals surface area contributed by atoms with Crippen molar-refractivity contribution < 1.29 is 4.79 Å². The number of benzene rings is 1. The van der Waals surface area contributed by atoms with E-state index < -0.39 is 0 Å². The highest BCUT2D eigenvalue weighted by Crippen LogP contribution is 2.19. The number of carbonyl (C=O) groups excluding carboxylic acids is 1. The van der Waals surface area contributed by atoms with E-state index in [1.165, 1.54) is 12.0 Å². The summed E-state index contributed by atoms with van der Waals surface area (Å²) in [6, 6.07) is 11.0. The Morgan fingerprint density at radius 2 is 2.13 bits per heavy atom. The Morgan fingerprint density at radius 1 is 1.33 bits per heavy atom. The summed E-state index contributed by atoms with van der Waals surface area (Å²) >= 11 is 0. The molecule has 1 amide bonds. The van der Waals surface area contributed by atoms with E-state index in [-0.39, 0.29) is 0 Å². The Balaban J connectivity index is 1.85. The predicted molar refractivity (Wildman–Crippen MR) is 60.6 cm³/mol. The zero-order valence-corrected chi connectivity index (χ0v) is 8.93. The third-order valence-electron chi connectivity index (χ3n) is 3.17. The molecule has 1 aliphatic rings. The van der Waals surface area contributed by atoms with Crippen molar-refractivity contribution >= 4 is 6.41 Å². The first-order chi connectivity index (χ1) is 7.40. The number of aryl methyl sites for hydroxylation is 1. The van der Waals surface area contributed by atoms with E-state index in [0.717, 1.165) is 32.2 Å². The SMILES string of the molecule is O=CN1CCCC1CCc1ccccc1. The second-order valence-electron chi connectivity index (χ2n) is 4.16. The van der Waals surface area contributed by atoms with Gasteiger partial charge in [0, 0.05) is 12.6 Å². The lowest BCUT2D eigenvalue weighted by molar-refractivity contribution is -0.118. The van der Waals surface area contributed by atoms with Crippen molar-refractivity contribution in [1.29, 1.82) is 0 Å². The van der Waals surface area contributed by atoms with Crippen molar-refractivity contribution in [2.45, 2.75) is 31.7 Å². The summed E-state index contributed by atoms with van der Waals surface area (Å²) in [4.78, 5) is 12.7. The Bertz CT molecular complexity index is 310. The van der Waals surface area contributed by atoms with E-state index in [1.54, 1.807) is 0 Å². The molecule has 2 nitrogen and oxygen atoms in total. The molecule has 1 aliphatic heterocycles. The Hall–Kier alpha value is -1.31. The Morgan fingerprint density at radius 3 is 2.87 bits per heavy atom. The van der Waals surface area contributed by atoms with Crippen LogP contribution in [-0.4, -0.2) is 23.9 Å². The zero-order chi connectivity index (χ0) is 10.5. The fourth-order valence-electron chi connectivity index (χ4n) is 2.28. The maximum Gasteiger partial charge on any atom is 0.209 e. The minimum absolute atomic E-state index is 0.475. The molecule has 1 saturated heterocycles. The monoisotopic (exact) mass is 203 g/mol. The van der Waals surface area contributed by atoms with Crippen molar-refractivity contribution in [1.82, 2.24) is 4.90 Å². The molecule has 2 rings (SSSR count). The largest absolute Gasteiger partial charge is 0.342 e. The number of hydrogen-bond donors (Lipinski definition) is 0. The van der Waals surface area contributed by atoms with Crippen LogP contribution in [0.4, 0.5) is 0 Å². The minimum atomic E-state index is 0.475. The van der Waals surface area contributed by atoms with E-state index >= 15 is 0 Å². The minimum Gasteiger partial charge on any atom is -0.342 e. The third kappa shape index (κ3) is 2.58. The van der Waals surface area contributed by atoms with Gasteiger partial charge in [0.2, 0.25) is 6.41 Å². The Labute approximate surface area is 90.9 Å².